The SMILES string of the molecule is Cc1cc(-p2oc3c(C(C)(C)C)cc(C(C)(C)C)cc3c3cc(C(C)(C)C)cc(C(C)(C)C)c3o2)c2c(c1)C(C)(C)c1cc(C)cc(-p3oc4c(C(C)(C)C)cc(C(C)(C)C)cc4c4cc(C(C)(C)C)cc(C(C)(C)C)c4o3)c1O2. The zero-order valence-electron chi connectivity index (χ0n) is 54.4. The molecule has 9 rings (SSSR count). The molecule has 0 atom stereocenters. The second-order valence-corrected chi connectivity index (χ2v) is 35.3. The van der Waals surface area contributed by atoms with E-state index < -0.39 is 21.4 Å². The summed E-state index contributed by atoms with van der Waals surface area (Å²) in [5.74, 6) is 1.53. The predicted molar refractivity (Wildman–Crippen MR) is 347 cm³/mol. The first-order valence-corrected chi connectivity index (χ1v) is 31.7. The van der Waals surface area contributed by atoms with Gasteiger partial charge >= 0.3 is 0 Å². The molecule has 5 nitrogen and oxygen atoms in total. The molecule has 1 aliphatic rings. The van der Waals surface area contributed by atoms with E-state index in [4.69, 9.17) is 21.5 Å². The van der Waals surface area contributed by atoms with E-state index in [2.05, 4.69) is 267 Å². The van der Waals surface area contributed by atoms with Crippen molar-refractivity contribution in [2.24, 2.45) is 0 Å². The highest BCUT2D eigenvalue weighted by molar-refractivity contribution is 7.46. The summed E-state index contributed by atoms with van der Waals surface area (Å²) in [5, 5.41) is 6.10. The summed E-state index contributed by atoms with van der Waals surface area (Å²) in [7, 11) is -3.75. The van der Waals surface area contributed by atoms with Crippen LogP contribution in [0.1, 0.15) is 247 Å². The van der Waals surface area contributed by atoms with Crippen molar-refractivity contribution >= 4 is 59.9 Å². The number of benzene rings is 6. The van der Waals surface area contributed by atoms with Crippen LogP contribution in [0, 0.1) is 13.8 Å². The molecule has 1 aliphatic heterocycles. The smallest absolute Gasteiger partial charge is 0.256 e. The Bertz CT molecular complexity index is 3470. The van der Waals surface area contributed by atoms with E-state index in [0.717, 1.165) is 110 Å². The maximum atomic E-state index is 7.78. The van der Waals surface area contributed by atoms with Gasteiger partial charge in [-0.25, -0.2) is 0 Å². The van der Waals surface area contributed by atoms with Crippen molar-refractivity contribution in [1.82, 2.24) is 0 Å². The van der Waals surface area contributed by atoms with Crippen molar-refractivity contribution in [3.63, 3.8) is 0 Å². The summed E-state index contributed by atoms with van der Waals surface area (Å²) in [6, 6.07) is 28.2. The minimum atomic E-state index is -1.88. The standard InChI is InChI=1S/C73H96O5P2/c1-41-29-55-63(57(31-41)79-75-59-47(33-43(65(3,4)5)37-51(59)69(15,16)17)48-34-44(66(6,7)8)38-52(60(48)76-79)70(18,19)20)74-64-56(73(55,27)28)30-42(2)32-58(64)80-77-61-49(35-45(67(9,10)11)39-53(61)71(21,22)23)50-36-46(68(12,13)14)40-54(62(50)78-80)72(24,25)26/h29-40H,1-28H3. The molecule has 2 aromatic heterocycles. The zero-order valence-corrected chi connectivity index (χ0v) is 56.2. The molecule has 0 N–H and O–H groups in total. The average Bonchev–Trinajstić information content (AvgIpc) is 3.58. The Kier molecular flexibility index (Phi) is 14.1. The molecule has 0 spiro atoms. The van der Waals surface area contributed by atoms with Crippen LogP contribution < -0.4 is 4.74 Å². The van der Waals surface area contributed by atoms with Crippen LogP contribution in [0.5, 0.6) is 11.5 Å². The molecule has 0 radical (unpaired) electrons. The molecule has 0 unspecified atom stereocenters. The minimum absolute atomic E-state index is 0.121. The Labute approximate surface area is 483 Å². The molecule has 0 amide bonds. The normalized spacial score (nSPS) is 14.7. The predicted octanol–water partition coefficient (Wildman–Crippen LogP) is 24.3. The van der Waals surface area contributed by atoms with Crippen LogP contribution in [0.3, 0.4) is 0 Å². The highest BCUT2D eigenvalue weighted by atomic mass is 31.1. The number of hydrogen-bond acceptors (Lipinski definition) is 5. The van der Waals surface area contributed by atoms with Crippen LogP contribution >= 0.6 is 16.0 Å². The molecule has 0 aliphatic carbocycles. The van der Waals surface area contributed by atoms with E-state index in [1.54, 1.807) is 0 Å². The Morgan fingerprint density at radius 2 is 0.525 bits per heavy atom. The first-order valence-electron chi connectivity index (χ1n) is 29.3. The van der Waals surface area contributed by atoms with E-state index in [9.17, 15) is 0 Å². The Morgan fingerprint density at radius 3 is 0.725 bits per heavy atom. The van der Waals surface area contributed by atoms with Gasteiger partial charge in [-0.15, -0.1) is 0 Å². The first kappa shape index (κ1) is 59.5. The van der Waals surface area contributed by atoms with E-state index in [1.165, 1.54) is 22.3 Å². The summed E-state index contributed by atoms with van der Waals surface area (Å²) in [5.41, 5.74) is 15.6. The van der Waals surface area contributed by atoms with Crippen LogP contribution in [0.2, 0.25) is 0 Å². The number of aryl methyl sites for hydroxylation is 2. The van der Waals surface area contributed by atoms with Crippen LogP contribution in [0.4, 0.5) is 0 Å². The topological polar surface area (TPSA) is 61.8 Å². The molecule has 0 fully saturated rings. The average molecular weight is 1120 g/mol. The number of ether oxygens (including phenoxy) is 1. The Hall–Kier alpha value is -5.08. The highest BCUT2D eigenvalue weighted by Crippen LogP contribution is 2.62. The van der Waals surface area contributed by atoms with E-state index >= 15 is 0 Å². The Balaban J connectivity index is 1.46. The third kappa shape index (κ3) is 10.8. The van der Waals surface area contributed by atoms with Gasteiger partial charge in [-0.3, -0.25) is 0 Å². The summed E-state index contributed by atoms with van der Waals surface area (Å²) < 4.78 is 38.8. The molecule has 428 valence electrons. The largest absolute Gasteiger partial charge is 0.454 e. The van der Waals surface area contributed by atoms with Crippen molar-refractivity contribution in [3.8, 4) is 22.1 Å². The Morgan fingerprint density at radius 1 is 0.300 bits per heavy atom. The highest BCUT2D eigenvalue weighted by Gasteiger charge is 2.41. The molecule has 7 heteroatoms. The fourth-order valence-corrected chi connectivity index (χ4v) is 14.6. The number of rotatable bonds is 2. The maximum Gasteiger partial charge on any atom is 0.256 e. The zero-order chi connectivity index (χ0) is 59.5. The van der Waals surface area contributed by atoms with Crippen molar-refractivity contribution in [3.05, 3.63) is 140 Å². The number of hydrogen-bond donors (Lipinski definition) is 0. The monoisotopic (exact) mass is 1110 g/mol. The molecule has 6 aromatic carbocycles. The first-order chi connectivity index (χ1) is 36.3. The van der Waals surface area contributed by atoms with Crippen molar-refractivity contribution in [2.75, 3.05) is 0 Å². The molecule has 0 saturated carbocycles. The lowest BCUT2D eigenvalue weighted by Gasteiger charge is -2.36. The van der Waals surface area contributed by atoms with Gasteiger partial charge < -0.3 is 21.5 Å². The molecular formula is C73H96O5P2. The fraction of sp³-hybridized carbons (Fsp3) is 0.507. The van der Waals surface area contributed by atoms with Gasteiger partial charge in [-0.2, -0.15) is 0 Å². The van der Waals surface area contributed by atoms with Gasteiger partial charge in [0.25, 0.3) is 16.0 Å². The lowest BCUT2D eigenvalue weighted by Crippen LogP contribution is -2.25. The minimum Gasteiger partial charge on any atom is -0.454 e. The van der Waals surface area contributed by atoms with Gasteiger partial charge in [0.2, 0.25) is 0 Å². The maximum absolute atomic E-state index is 7.78. The molecule has 8 aromatic rings. The van der Waals surface area contributed by atoms with Gasteiger partial charge in [0.05, 0.1) is 0 Å². The van der Waals surface area contributed by atoms with Crippen molar-refractivity contribution in [1.29, 1.82) is 0 Å². The van der Waals surface area contributed by atoms with Crippen LogP contribution in [-0.2, 0) is 48.7 Å². The summed E-state index contributed by atoms with van der Waals surface area (Å²) in [6.45, 7) is 64.4. The third-order valence-corrected chi connectivity index (χ3v) is 19.5. The van der Waals surface area contributed by atoms with Gasteiger partial charge in [0.1, 0.15) is 44.4 Å². The summed E-state index contributed by atoms with van der Waals surface area (Å²) in [6.07, 6.45) is 0. The second-order valence-electron chi connectivity index (χ2n) is 32.5. The summed E-state index contributed by atoms with van der Waals surface area (Å²) in [4.78, 5) is 0. The molecular weight excluding hydrogens is 1020 g/mol. The van der Waals surface area contributed by atoms with Crippen LogP contribution in [-0.4, -0.2) is 0 Å². The van der Waals surface area contributed by atoms with Gasteiger partial charge in [0.15, 0.2) is 0 Å². The second kappa shape index (κ2) is 19.0. The fourth-order valence-electron chi connectivity index (χ4n) is 11.4. The van der Waals surface area contributed by atoms with Gasteiger partial charge in [-0.1, -0.05) is 216 Å². The van der Waals surface area contributed by atoms with E-state index in [-0.39, 0.29) is 43.3 Å². The van der Waals surface area contributed by atoms with E-state index in [1.807, 2.05) is 0 Å². The van der Waals surface area contributed by atoms with E-state index in [0.29, 0.717) is 0 Å². The van der Waals surface area contributed by atoms with Crippen LogP contribution in [0.15, 0.2) is 89.6 Å². The number of fused-ring (bicyclic) bond motifs is 8. The molecule has 3 heterocycles. The van der Waals surface area contributed by atoms with Crippen molar-refractivity contribution in [2.45, 2.75) is 243 Å². The quantitative estimate of drug-likeness (QED) is 0.173. The summed E-state index contributed by atoms with van der Waals surface area (Å²) >= 11 is 0. The van der Waals surface area contributed by atoms with Crippen molar-refractivity contribution < 1.29 is 21.5 Å². The van der Waals surface area contributed by atoms with Gasteiger partial charge in [-0.05, 0) is 127 Å². The lowest BCUT2D eigenvalue weighted by atomic mass is 9.75. The molecule has 80 heavy (non-hydrogen) atoms. The molecule has 0 saturated heterocycles. The van der Waals surface area contributed by atoms with Crippen LogP contribution in [0.25, 0.3) is 54.5 Å². The van der Waals surface area contributed by atoms with Gasteiger partial charge in [0, 0.05) is 60.3 Å². The lowest BCUT2D eigenvalue weighted by molar-refractivity contribution is 0.421. The third-order valence-electron chi connectivity index (χ3n) is 16.7. The molecule has 0 bridgehead atoms.